The molecule has 2 aliphatic heterocycles. The molecule has 0 aliphatic carbocycles. The SMILES string of the molecule is C=CCCS(=O)(=O)N1C[C@H]2CNC[C@H]2C1. The number of allylic oxidation sites excluding steroid dienone is 1. The van der Waals surface area contributed by atoms with E-state index in [0.29, 0.717) is 31.3 Å². The van der Waals surface area contributed by atoms with Crippen LogP contribution in [0.3, 0.4) is 0 Å². The summed E-state index contributed by atoms with van der Waals surface area (Å²) in [5, 5.41) is 3.30. The van der Waals surface area contributed by atoms with Crippen LogP contribution in [0.2, 0.25) is 0 Å². The minimum Gasteiger partial charge on any atom is -0.316 e. The first-order chi connectivity index (χ1) is 7.13. The Hall–Kier alpha value is -0.390. The highest BCUT2D eigenvalue weighted by Crippen LogP contribution is 2.28. The minimum atomic E-state index is -3.03. The van der Waals surface area contributed by atoms with Gasteiger partial charge in [0, 0.05) is 13.1 Å². The fraction of sp³-hybridized carbons (Fsp3) is 0.800. The van der Waals surface area contributed by atoms with Crippen LogP contribution in [0.4, 0.5) is 0 Å². The van der Waals surface area contributed by atoms with E-state index in [4.69, 9.17) is 0 Å². The van der Waals surface area contributed by atoms with Crippen LogP contribution in [0.1, 0.15) is 6.42 Å². The van der Waals surface area contributed by atoms with Crippen LogP contribution >= 0.6 is 0 Å². The quantitative estimate of drug-likeness (QED) is 0.694. The zero-order valence-electron chi connectivity index (χ0n) is 8.85. The van der Waals surface area contributed by atoms with Crippen LogP contribution in [0.15, 0.2) is 12.7 Å². The van der Waals surface area contributed by atoms with E-state index in [0.717, 1.165) is 13.1 Å². The van der Waals surface area contributed by atoms with E-state index in [1.807, 2.05) is 0 Å². The number of hydrogen-bond acceptors (Lipinski definition) is 3. The molecule has 0 spiro atoms. The van der Waals surface area contributed by atoms with Gasteiger partial charge in [0.25, 0.3) is 0 Å². The summed E-state index contributed by atoms with van der Waals surface area (Å²) in [6, 6.07) is 0. The van der Waals surface area contributed by atoms with Gasteiger partial charge in [-0.1, -0.05) is 6.08 Å². The van der Waals surface area contributed by atoms with Crippen LogP contribution in [0.5, 0.6) is 0 Å². The minimum absolute atomic E-state index is 0.212. The number of rotatable bonds is 4. The van der Waals surface area contributed by atoms with Gasteiger partial charge in [-0.25, -0.2) is 12.7 Å². The van der Waals surface area contributed by atoms with Gasteiger partial charge in [-0.2, -0.15) is 0 Å². The van der Waals surface area contributed by atoms with Crippen molar-refractivity contribution in [3.05, 3.63) is 12.7 Å². The van der Waals surface area contributed by atoms with E-state index in [1.165, 1.54) is 0 Å². The molecule has 2 fully saturated rings. The fourth-order valence-corrected chi connectivity index (χ4v) is 3.96. The molecule has 86 valence electrons. The van der Waals surface area contributed by atoms with E-state index in [2.05, 4.69) is 11.9 Å². The maximum atomic E-state index is 11.9. The molecule has 2 rings (SSSR count). The van der Waals surface area contributed by atoms with Gasteiger partial charge in [-0.15, -0.1) is 6.58 Å². The smallest absolute Gasteiger partial charge is 0.214 e. The molecule has 0 aromatic rings. The maximum Gasteiger partial charge on any atom is 0.214 e. The molecule has 0 aromatic heterocycles. The molecule has 0 saturated carbocycles. The second-order valence-electron chi connectivity index (χ2n) is 4.39. The van der Waals surface area contributed by atoms with Crippen LogP contribution < -0.4 is 5.32 Å². The molecule has 0 bridgehead atoms. The Morgan fingerprint density at radius 1 is 1.33 bits per heavy atom. The van der Waals surface area contributed by atoms with Crippen molar-refractivity contribution < 1.29 is 8.42 Å². The van der Waals surface area contributed by atoms with Crippen molar-refractivity contribution >= 4 is 10.0 Å². The molecule has 0 radical (unpaired) electrons. The highest BCUT2D eigenvalue weighted by molar-refractivity contribution is 7.89. The predicted octanol–water partition coefficient (Wildman–Crippen LogP) is 0.0435. The Morgan fingerprint density at radius 2 is 1.93 bits per heavy atom. The molecule has 15 heavy (non-hydrogen) atoms. The largest absolute Gasteiger partial charge is 0.316 e. The lowest BCUT2D eigenvalue weighted by Gasteiger charge is -2.16. The van der Waals surface area contributed by atoms with E-state index in [9.17, 15) is 8.42 Å². The van der Waals surface area contributed by atoms with Crippen LogP contribution in [-0.2, 0) is 10.0 Å². The molecular weight excluding hydrogens is 212 g/mol. The summed E-state index contributed by atoms with van der Waals surface area (Å²) in [5.41, 5.74) is 0. The summed E-state index contributed by atoms with van der Waals surface area (Å²) in [7, 11) is -3.03. The van der Waals surface area contributed by atoms with E-state index >= 15 is 0 Å². The fourth-order valence-electron chi connectivity index (χ4n) is 2.40. The van der Waals surface area contributed by atoms with Gasteiger partial charge >= 0.3 is 0 Å². The van der Waals surface area contributed by atoms with Gasteiger partial charge in [-0.3, -0.25) is 0 Å². The van der Waals surface area contributed by atoms with Crippen LogP contribution in [-0.4, -0.2) is 44.7 Å². The Bertz CT molecular complexity index is 327. The zero-order valence-corrected chi connectivity index (χ0v) is 9.67. The van der Waals surface area contributed by atoms with Crippen LogP contribution in [0, 0.1) is 11.8 Å². The lowest BCUT2D eigenvalue weighted by atomic mass is 10.0. The van der Waals surface area contributed by atoms with Gasteiger partial charge in [0.05, 0.1) is 5.75 Å². The van der Waals surface area contributed by atoms with E-state index in [1.54, 1.807) is 10.4 Å². The Labute approximate surface area is 91.4 Å². The van der Waals surface area contributed by atoms with E-state index in [-0.39, 0.29) is 5.75 Å². The Balaban J connectivity index is 1.98. The number of nitrogens with one attached hydrogen (secondary N) is 1. The monoisotopic (exact) mass is 230 g/mol. The molecule has 1 N–H and O–H groups in total. The van der Waals surface area contributed by atoms with Crippen molar-refractivity contribution in [1.82, 2.24) is 9.62 Å². The molecular formula is C10H18N2O2S. The van der Waals surface area contributed by atoms with E-state index < -0.39 is 10.0 Å². The second-order valence-corrected chi connectivity index (χ2v) is 6.48. The third kappa shape index (κ3) is 2.24. The third-order valence-electron chi connectivity index (χ3n) is 3.33. The molecule has 5 heteroatoms. The highest BCUT2D eigenvalue weighted by Gasteiger charge is 2.40. The summed E-state index contributed by atoms with van der Waals surface area (Å²) >= 11 is 0. The third-order valence-corrected chi connectivity index (χ3v) is 5.17. The summed E-state index contributed by atoms with van der Waals surface area (Å²) in [6.07, 6.45) is 2.21. The van der Waals surface area contributed by atoms with Gasteiger partial charge in [-0.05, 0) is 31.3 Å². The predicted molar refractivity (Wildman–Crippen MR) is 60.0 cm³/mol. The van der Waals surface area contributed by atoms with Gasteiger partial charge in [0.2, 0.25) is 10.0 Å². The maximum absolute atomic E-state index is 11.9. The zero-order chi connectivity index (χ0) is 10.9. The van der Waals surface area contributed by atoms with Crippen LogP contribution in [0.25, 0.3) is 0 Å². The first kappa shape index (κ1) is 11.1. The number of sulfonamides is 1. The number of nitrogens with zero attached hydrogens (tertiary/aromatic N) is 1. The molecule has 2 saturated heterocycles. The van der Waals surface area contributed by atoms with Gasteiger partial charge < -0.3 is 5.32 Å². The first-order valence-corrected chi connectivity index (χ1v) is 7.04. The molecule has 0 unspecified atom stereocenters. The Kier molecular flexibility index (Phi) is 3.13. The average molecular weight is 230 g/mol. The molecule has 2 aliphatic rings. The topological polar surface area (TPSA) is 49.4 Å². The summed E-state index contributed by atoms with van der Waals surface area (Å²) in [6.45, 7) is 6.91. The number of fused-ring (bicyclic) bond motifs is 1. The summed E-state index contributed by atoms with van der Waals surface area (Å²) in [5.74, 6) is 1.27. The van der Waals surface area contributed by atoms with Crippen molar-refractivity contribution in [3.8, 4) is 0 Å². The average Bonchev–Trinajstić information content (AvgIpc) is 2.73. The van der Waals surface area contributed by atoms with Crippen molar-refractivity contribution in [3.63, 3.8) is 0 Å². The first-order valence-electron chi connectivity index (χ1n) is 5.43. The Morgan fingerprint density at radius 3 is 2.47 bits per heavy atom. The van der Waals surface area contributed by atoms with Crippen molar-refractivity contribution in [1.29, 1.82) is 0 Å². The van der Waals surface area contributed by atoms with Crippen molar-refractivity contribution in [2.45, 2.75) is 6.42 Å². The standard InChI is InChI=1S/C10H18N2O2S/c1-2-3-4-15(13,14)12-7-9-5-11-6-10(9)8-12/h2,9-11H,1,3-8H2/t9-,10+. The lowest BCUT2D eigenvalue weighted by Crippen LogP contribution is -2.33. The molecule has 0 aromatic carbocycles. The molecule has 2 atom stereocenters. The highest BCUT2D eigenvalue weighted by atomic mass is 32.2. The normalized spacial score (nSPS) is 31.7. The second kappa shape index (κ2) is 4.23. The summed E-state index contributed by atoms with van der Waals surface area (Å²) < 4.78 is 25.4. The molecule has 0 amide bonds. The van der Waals surface area contributed by atoms with Crippen molar-refractivity contribution in [2.75, 3.05) is 31.9 Å². The molecule has 2 heterocycles. The number of hydrogen-bond donors (Lipinski definition) is 1. The lowest BCUT2D eigenvalue weighted by molar-refractivity contribution is 0.448. The van der Waals surface area contributed by atoms with Crippen molar-refractivity contribution in [2.24, 2.45) is 11.8 Å². The van der Waals surface area contributed by atoms with Gasteiger partial charge in [0.1, 0.15) is 0 Å². The summed E-state index contributed by atoms with van der Waals surface area (Å²) in [4.78, 5) is 0. The molecule has 4 nitrogen and oxygen atoms in total. The van der Waals surface area contributed by atoms with Gasteiger partial charge in [0.15, 0.2) is 0 Å².